The van der Waals surface area contributed by atoms with Gasteiger partial charge in [-0.3, -0.25) is 0 Å². The molecule has 0 spiro atoms. The lowest BCUT2D eigenvalue weighted by Gasteiger charge is -2.15. The molecule has 4 aromatic rings. The molecule has 9 nitrogen and oxygen atoms in total. The average Bonchev–Trinajstić information content (AvgIpc) is 3.16. The zero-order valence-electron chi connectivity index (χ0n) is 14.6. The number of ether oxygens (including phenoxy) is 2. The van der Waals surface area contributed by atoms with Crippen molar-refractivity contribution in [2.24, 2.45) is 0 Å². The quantitative estimate of drug-likeness (QED) is 0.531. The molecule has 2 heterocycles. The van der Waals surface area contributed by atoms with Crippen molar-refractivity contribution in [3.63, 3.8) is 0 Å². The molecule has 0 radical (unpaired) electrons. The third-order valence-corrected chi connectivity index (χ3v) is 3.83. The summed E-state index contributed by atoms with van der Waals surface area (Å²) in [5.74, 6) is 2.21. The number of anilines is 4. The SMILES string of the molecule is COc1ccccc1Nc1nc2nonc2nc1Nc1ccccc1OC. The van der Waals surface area contributed by atoms with Gasteiger partial charge in [0.25, 0.3) is 0 Å². The van der Waals surface area contributed by atoms with Crippen molar-refractivity contribution in [3.8, 4) is 11.5 Å². The summed E-state index contributed by atoms with van der Waals surface area (Å²) >= 11 is 0. The van der Waals surface area contributed by atoms with Gasteiger partial charge in [0.15, 0.2) is 11.6 Å². The van der Waals surface area contributed by atoms with Crippen LogP contribution in [0.2, 0.25) is 0 Å². The molecule has 4 rings (SSSR count). The summed E-state index contributed by atoms with van der Waals surface area (Å²) in [6.07, 6.45) is 0. The number of nitrogens with zero attached hydrogens (tertiary/aromatic N) is 4. The summed E-state index contributed by atoms with van der Waals surface area (Å²) in [6, 6.07) is 15.0. The van der Waals surface area contributed by atoms with Crippen molar-refractivity contribution in [1.82, 2.24) is 20.3 Å². The van der Waals surface area contributed by atoms with Crippen molar-refractivity contribution in [2.45, 2.75) is 0 Å². The van der Waals surface area contributed by atoms with Crippen LogP contribution in [-0.4, -0.2) is 34.5 Å². The fourth-order valence-electron chi connectivity index (χ4n) is 2.56. The second-order valence-corrected chi connectivity index (χ2v) is 5.48. The van der Waals surface area contributed by atoms with Gasteiger partial charge in [0.05, 0.1) is 25.6 Å². The number of aromatic nitrogens is 4. The summed E-state index contributed by atoms with van der Waals surface area (Å²) in [5.41, 5.74) is 2.04. The molecule has 27 heavy (non-hydrogen) atoms. The lowest BCUT2D eigenvalue weighted by atomic mass is 10.2. The van der Waals surface area contributed by atoms with Crippen molar-refractivity contribution >= 4 is 34.3 Å². The van der Waals surface area contributed by atoms with E-state index < -0.39 is 0 Å². The molecular formula is C18H16N6O3. The first-order chi connectivity index (χ1) is 13.3. The second kappa shape index (κ2) is 7.16. The standard InChI is InChI=1S/C18H16N6O3/c1-25-13-9-5-3-7-11(13)19-15-16(22-18-17(21-15)23-27-24-18)20-12-8-4-6-10-14(12)26-2/h3-10H,1-2H3,(H,19,21,23)(H,20,22,24). The molecular weight excluding hydrogens is 348 g/mol. The van der Waals surface area contributed by atoms with Crippen LogP contribution in [0, 0.1) is 0 Å². The number of benzene rings is 2. The van der Waals surface area contributed by atoms with Gasteiger partial charge >= 0.3 is 0 Å². The fourth-order valence-corrected chi connectivity index (χ4v) is 2.56. The third kappa shape index (κ3) is 3.30. The molecule has 0 saturated carbocycles. The Balaban J connectivity index is 1.78. The van der Waals surface area contributed by atoms with Gasteiger partial charge in [-0.2, -0.15) is 0 Å². The maximum Gasteiger partial charge on any atom is 0.245 e. The molecule has 136 valence electrons. The van der Waals surface area contributed by atoms with Gasteiger partial charge in [-0.15, -0.1) is 0 Å². The highest BCUT2D eigenvalue weighted by atomic mass is 16.6. The monoisotopic (exact) mass is 364 g/mol. The van der Waals surface area contributed by atoms with Crippen LogP contribution < -0.4 is 20.1 Å². The van der Waals surface area contributed by atoms with E-state index in [0.29, 0.717) is 23.1 Å². The second-order valence-electron chi connectivity index (χ2n) is 5.48. The van der Waals surface area contributed by atoms with Crippen LogP contribution in [0.4, 0.5) is 23.0 Å². The molecule has 2 N–H and O–H groups in total. The van der Waals surface area contributed by atoms with Gasteiger partial charge in [0, 0.05) is 0 Å². The van der Waals surface area contributed by atoms with Crippen molar-refractivity contribution in [1.29, 1.82) is 0 Å². The van der Waals surface area contributed by atoms with Gasteiger partial charge in [-0.05, 0) is 34.6 Å². The number of rotatable bonds is 6. The van der Waals surface area contributed by atoms with E-state index in [0.717, 1.165) is 11.4 Å². The molecule has 0 saturated heterocycles. The Morgan fingerprint density at radius 3 is 1.59 bits per heavy atom. The topological polar surface area (TPSA) is 107 Å². The molecule has 9 heteroatoms. The van der Waals surface area contributed by atoms with Crippen LogP contribution in [0.25, 0.3) is 11.3 Å². The van der Waals surface area contributed by atoms with E-state index in [2.05, 4.69) is 30.9 Å². The van der Waals surface area contributed by atoms with Crippen LogP contribution in [0.15, 0.2) is 53.2 Å². The van der Waals surface area contributed by atoms with Crippen molar-refractivity contribution in [2.75, 3.05) is 24.9 Å². The van der Waals surface area contributed by atoms with E-state index in [1.165, 1.54) is 0 Å². The van der Waals surface area contributed by atoms with E-state index in [-0.39, 0.29) is 11.3 Å². The normalized spacial score (nSPS) is 10.6. The summed E-state index contributed by atoms with van der Waals surface area (Å²) in [7, 11) is 3.20. The minimum atomic E-state index is 0.290. The zero-order valence-corrected chi connectivity index (χ0v) is 14.6. The van der Waals surface area contributed by atoms with Crippen LogP contribution in [-0.2, 0) is 0 Å². The Kier molecular flexibility index (Phi) is 4.40. The lowest BCUT2D eigenvalue weighted by molar-refractivity contribution is 0.314. The number of nitrogens with one attached hydrogen (secondary N) is 2. The maximum absolute atomic E-state index is 5.39. The Hall–Kier alpha value is -3.88. The molecule has 0 unspecified atom stereocenters. The van der Waals surface area contributed by atoms with Crippen molar-refractivity contribution in [3.05, 3.63) is 48.5 Å². The highest BCUT2D eigenvalue weighted by molar-refractivity contribution is 5.81. The zero-order chi connectivity index (χ0) is 18.6. The molecule has 0 amide bonds. The first-order valence-electron chi connectivity index (χ1n) is 8.09. The van der Waals surface area contributed by atoms with E-state index in [4.69, 9.17) is 14.1 Å². The van der Waals surface area contributed by atoms with Crippen LogP contribution >= 0.6 is 0 Å². The number of para-hydroxylation sites is 4. The van der Waals surface area contributed by atoms with Crippen LogP contribution in [0.3, 0.4) is 0 Å². The number of hydrogen-bond acceptors (Lipinski definition) is 9. The highest BCUT2D eigenvalue weighted by Gasteiger charge is 2.16. The molecule has 0 aliphatic heterocycles. The van der Waals surface area contributed by atoms with E-state index in [1.807, 2.05) is 48.5 Å². The summed E-state index contributed by atoms with van der Waals surface area (Å²) in [5, 5.41) is 14.0. The number of fused-ring (bicyclic) bond motifs is 1. The third-order valence-electron chi connectivity index (χ3n) is 3.83. The Morgan fingerprint density at radius 1 is 0.704 bits per heavy atom. The molecule has 0 aliphatic rings. The molecule has 0 atom stereocenters. The van der Waals surface area contributed by atoms with Crippen LogP contribution in [0.5, 0.6) is 11.5 Å². The molecule has 2 aromatic heterocycles. The number of methoxy groups -OCH3 is 2. The Bertz CT molecular complexity index is 998. The highest BCUT2D eigenvalue weighted by Crippen LogP contribution is 2.33. The van der Waals surface area contributed by atoms with Gasteiger partial charge in [0.2, 0.25) is 11.3 Å². The molecule has 0 fully saturated rings. The van der Waals surface area contributed by atoms with Crippen LogP contribution in [0.1, 0.15) is 0 Å². The maximum atomic E-state index is 5.39. The summed E-state index contributed by atoms with van der Waals surface area (Å²) in [6.45, 7) is 0. The average molecular weight is 364 g/mol. The van der Waals surface area contributed by atoms with Gasteiger partial charge < -0.3 is 20.1 Å². The van der Waals surface area contributed by atoms with E-state index in [1.54, 1.807) is 14.2 Å². The molecule has 0 bridgehead atoms. The summed E-state index contributed by atoms with van der Waals surface area (Å²) < 4.78 is 15.5. The van der Waals surface area contributed by atoms with Crippen molar-refractivity contribution < 1.29 is 14.1 Å². The largest absolute Gasteiger partial charge is 0.495 e. The minimum absolute atomic E-state index is 0.290. The summed E-state index contributed by atoms with van der Waals surface area (Å²) in [4.78, 5) is 8.92. The van der Waals surface area contributed by atoms with Gasteiger partial charge in [-0.25, -0.2) is 14.6 Å². The lowest BCUT2D eigenvalue weighted by Crippen LogP contribution is -2.05. The van der Waals surface area contributed by atoms with E-state index in [9.17, 15) is 0 Å². The minimum Gasteiger partial charge on any atom is -0.495 e. The van der Waals surface area contributed by atoms with Gasteiger partial charge in [0.1, 0.15) is 11.5 Å². The predicted molar refractivity (Wildman–Crippen MR) is 99.9 cm³/mol. The first-order valence-corrected chi connectivity index (χ1v) is 8.09. The fraction of sp³-hybridized carbons (Fsp3) is 0.111. The Labute approximate surface area is 154 Å². The number of hydrogen-bond donors (Lipinski definition) is 2. The first kappa shape index (κ1) is 16.6. The van der Waals surface area contributed by atoms with E-state index >= 15 is 0 Å². The smallest absolute Gasteiger partial charge is 0.245 e. The van der Waals surface area contributed by atoms with Gasteiger partial charge in [-0.1, -0.05) is 24.3 Å². The molecule has 2 aromatic carbocycles. The molecule has 0 aliphatic carbocycles. The predicted octanol–water partition coefficient (Wildman–Crippen LogP) is 3.52. The Morgan fingerprint density at radius 2 is 1.15 bits per heavy atom.